The third-order valence-electron chi connectivity index (χ3n) is 2.10. The zero-order valence-electron chi connectivity index (χ0n) is 9.66. The molecule has 90 valence electrons. The molecule has 17 heavy (non-hydrogen) atoms. The van der Waals surface area contributed by atoms with Gasteiger partial charge in [0.15, 0.2) is 0 Å². The minimum atomic E-state index is -0.0942. The van der Waals surface area contributed by atoms with Crippen LogP contribution in [-0.4, -0.2) is 25.7 Å². The minimum absolute atomic E-state index is 0.0942. The van der Waals surface area contributed by atoms with Crippen molar-refractivity contribution in [2.75, 3.05) is 18.9 Å². The van der Waals surface area contributed by atoms with E-state index in [1.165, 1.54) is 6.08 Å². The van der Waals surface area contributed by atoms with Gasteiger partial charge in [-0.2, -0.15) is 0 Å². The molecule has 0 aromatic heterocycles. The first kappa shape index (κ1) is 12.9. The van der Waals surface area contributed by atoms with Gasteiger partial charge >= 0.3 is 0 Å². The molecule has 0 bridgehead atoms. The number of anilines is 1. The summed E-state index contributed by atoms with van der Waals surface area (Å²) in [4.78, 5) is 11.3. The predicted octanol–water partition coefficient (Wildman–Crippen LogP) is 0.794. The van der Waals surface area contributed by atoms with Gasteiger partial charge in [-0.25, -0.2) is 0 Å². The number of rotatable bonds is 5. The number of amides is 1. The largest absolute Gasteiger partial charge is 0.398 e. The molecule has 0 fully saturated rings. The number of nitrogens with one attached hydrogen (secondary N) is 3. The summed E-state index contributed by atoms with van der Waals surface area (Å²) in [5.41, 5.74) is 7.78. The van der Waals surface area contributed by atoms with Crippen molar-refractivity contribution in [2.24, 2.45) is 5.73 Å². The topological polar surface area (TPSA) is 91.0 Å². The molecule has 1 amide bonds. The van der Waals surface area contributed by atoms with Crippen LogP contribution < -0.4 is 16.4 Å². The number of allylic oxidation sites excluding steroid dienone is 1. The monoisotopic (exact) mass is 232 g/mol. The molecule has 5 N–H and O–H groups in total. The van der Waals surface area contributed by atoms with Gasteiger partial charge in [0, 0.05) is 17.6 Å². The average Bonchev–Trinajstić information content (AvgIpc) is 2.30. The minimum Gasteiger partial charge on any atom is -0.398 e. The maximum atomic E-state index is 11.3. The molecule has 0 radical (unpaired) electrons. The molecular formula is C12H16N4O. The highest BCUT2D eigenvalue weighted by Gasteiger charge is 2.01. The highest BCUT2D eigenvalue weighted by molar-refractivity contribution is 5.92. The lowest BCUT2D eigenvalue weighted by molar-refractivity contribution is -0.115. The number of nitrogens with two attached hydrogens (primary N) is 1. The number of benzene rings is 1. The zero-order valence-corrected chi connectivity index (χ0v) is 9.66. The smallest absolute Gasteiger partial charge is 0.238 e. The van der Waals surface area contributed by atoms with E-state index in [1.54, 1.807) is 31.3 Å². The highest BCUT2D eigenvalue weighted by atomic mass is 16.1. The van der Waals surface area contributed by atoms with Crippen LogP contribution in [0.25, 0.3) is 5.70 Å². The van der Waals surface area contributed by atoms with Crippen molar-refractivity contribution in [3.63, 3.8) is 0 Å². The van der Waals surface area contributed by atoms with E-state index < -0.39 is 0 Å². The van der Waals surface area contributed by atoms with E-state index in [4.69, 9.17) is 11.1 Å². The number of likely N-dealkylation sites (N-methyl/N-ethyl adjacent to an activating group) is 1. The summed E-state index contributed by atoms with van der Waals surface area (Å²) in [7, 11) is 1.71. The maximum Gasteiger partial charge on any atom is 0.238 e. The summed E-state index contributed by atoms with van der Waals surface area (Å²) in [6.45, 7) is 0.275. The molecule has 0 aliphatic rings. The van der Waals surface area contributed by atoms with Crippen LogP contribution in [0.5, 0.6) is 0 Å². The fourth-order valence-corrected chi connectivity index (χ4v) is 1.30. The van der Waals surface area contributed by atoms with Crippen LogP contribution in [0, 0.1) is 5.41 Å². The van der Waals surface area contributed by atoms with E-state index >= 15 is 0 Å². The summed E-state index contributed by atoms with van der Waals surface area (Å²) >= 11 is 0. The van der Waals surface area contributed by atoms with Crippen molar-refractivity contribution >= 4 is 23.5 Å². The van der Waals surface area contributed by atoms with Crippen molar-refractivity contribution < 1.29 is 4.79 Å². The fourth-order valence-electron chi connectivity index (χ4n) is 1.30. The molecule has 1 aromatic carbocycles. The lowest BCUT2D eigenvalue weighted by atomic mass is 10.1. The Morgan fingerprint density at radius 3 is 2.59 bits per heavy atom. The second-order valence-electron chi connectivity index (χ2n) is 3.44. The van der Waals surface area contributed by atoms with Crippen LogP contribution in [0.2, 0.25) is 0 Å². The number of carbonyl (C=O) groups excluding carboxylic acids is 1. The molecule has 0 aliphatic heterocycles. The first-order valence-corrected chi connectivity index (χ1v) is 5.18. The van der Waals surface area contributed by atoms with E-state index in [9.17, 15) is 4.79 Å². The Morgan fingerprint density at radius 2 is 2.06 bits per heavy atom. The van der Waals surface area contributed by atoms with E-state index in [1.807, 2.05) is 0 Å². The van der Waals surface area contributed by atoms with Crippen molar-refractivity contribution in [1.82, 2.24) is 5.32 Å². The molecule has 0 heterocycles. The Balaban J connectivity index is 2.71. The SMILES string of the molecule is CNCC(=O)Nc1ccc(/C(N)=C/C=N)cc1. The molecule has 5 heteroatoms. The Bertz CT molecular complexity index is 423. The van der Waals surface area contributed by atoms with Gasteiger partial charge in [0.05, 0.1) is 6.54 Å². The Labute approximate surface area is 100 Å². The van der Waals surface area contributed by atoms with Crippen LogP contribution in [0.4, 0.5) is 5.69 Å². The molecule has 0 atom stereocenters. The number of hydrogen-bond acceptors (Lipinski definition) is 4. The molecule has 1 aromatic rings. The number of hydrogen-bond donors (Lipinski definition) is 4. The summed E-state index contributed by atoms with van der Waals surface area (Å²) in [6.07, 6.45) is 2.65. The standard InChI is InChI=1S/C12H16N4O/c1-15-8-12(17)16-10-4-2-9(3-5-10)11(14)6-7-13/h2-7,13,15H,8,14H2,1H3,(H,16,17)/b11-6-,13-7?. The van der Waals surface area contributed by atoms with Crippen molar-refractivity contribution in [3.05, 3.63) is 35.9 Å². The molecule has 5 nitrogen and oxygen atoms in total. The van der Waals surface area contributed by atoms with Gasteiger partial charge in [0.2, 0.25) is 5.91 Å². The second kappa shape index (κ2) is 6.44. The fraction of sp³-hybridized carbons (Fsp3) is 0.167. The first-order chi connectivity index (χ1) is 8.17. The predicted molar refractivity (Wildman–Crippen MR) is 69.9 cm³/mol. The third-order valence-corrected chi connectivity index (χ3v) is 2.10. The molecule has 0 saturated heterocycles. The summed E-state index contributed by atoms with van der Waals surface area (Å²) < 4.78 is 0. The second-order valence-corrected chi connectivity index (χ2v) is 3.44. The molecule has 1 rings (SSSR count). The van der Waals surface area contributed by atoms with Crippen LogP contribution in [-0.2, 0) is 4.79 Å². The average molecular weight is 232 g/mol. The van der Waals surface area contributed by atoms with Crippen LogP contribution >= 0.6 is 0 Å². The van der Waals surface area contributed by atoms with Gasteiger partial charge in [-0.1, -0.05) is 12.1 Å². The van der Waals surface area contributed by atoms with Crippen molar-refractivity contribution in [1.29, 1.82) is 5.41 Å². The maximum absolute atomic E-state index is 11.3. The quantitative estimate of drug-likeness (QED) is 0.566. The molecular weight excluding hydrogens is 216 g/mol. The Kier molecular flexibility index (Phi) is 4.90. The van der Waals surface area contributed by atoms with Crippen LogP contribution in [0.3, 0.4) is 0 Å². The lowest BCUT2D eigenvalue weighted by Crippen LogP contribution is -2.24. The number of carbonyl (C=O) groups is 1. The van der Waals surface area contributed by atoms with Gasteiger partial charge in [-0.15, -0.1) is 0 Å². The normalized spacial score (nSPS) is 11.0. The summed E-state index contributed by atoms with van der Waals surface area (Å²) in [5.74, 6) is -0.0942. The van der Waals surface area contributed by atoms with E-state index in [0.717, 1.165) is 17.5 Å². The van der Waals surface area contributed by atoms with Gasteiger partial charge in [0.25, 0.3) is 0 Å². The molecule has 0 spiro atoms. The van der Waals surface area contributed by atoms with Crippen LogP contribution in [0.1, 0.15) is 5.56 Å². The van der Waals surface area contributed by atoms with Gasteiger partial charge < -0.3 is 21.8 Å². The van der Waals surface area contributed by atoms with Gasteiger partial charge in [-0.05, 0) is 30.8 Å². The molecule has 0 aliphatic carbocycles. The van der Waals surface area contributed by atoms with E-state index in [2.05, 4.69) is 10.6 Å². The van der Waals surface area contributed by atoms with Crippen LogP contribution in [0.15, 0.2) is 30.3 Å². The lowest BCUT2D eigenvalue weighted by Gasteiger charge is -2.06. The zero-order chi connectivity index (χ0) is 12.7. The molecule has 0 saturated carbocycles. The summed E-state index contributed by atoms with van der Waals surface area (Å²) in [6, 6.07) is 7.13. The Morgan fingerprint density at radius 1 is 1.41 bits per heavy atom. The Hall–Kier alpha value is -2.14. The third kappa shape index (κ3) is 4.08. The van der Waals surface area contributed by atoms with Gasteiger partial charge in [0.1, 0.15) is 0 Å². The first-order valence-electron chi connectivity index (χ1n) is 5.18. The highest BCUT2D eigenvalue weighted by Crippen LogP contribution is 2.13. The van der Waals surface area contributed by atoms with E-state index in [-0.39, 0.29) is 12.5 Å². The van der Waals surface area contributed by atoms with Gasteiger partial charge in [-0.3, -0.25) is 4.79 Å². The summed E-state index contributed by atoms with van der Waals surface area (Å²) in [5, 5.41) is 12.4. The van der Waals surface area contributed by atoms with Crippen molar-refractivity contribution in [3.8, 4) is 0 Å². The van der Waals surface area contributed by atoms with Crippen molar-refractivity contribution in [2.45, 2.75) is 0 Å². The molecule has 0 unspecified atom stereocenters. The van der Waals surface area contributed by atoms with E-state index in [0.29, 0.717) is 5.70 Å².